The van der Waals surface area contributed by atoms with E-state index in [2.05, 4.69) is 51.5 Å². The topological polar surface area (TPSA) is 257 Å². The molecule has 0 fully saturated rings. The molecule has 20 nitrogen and oxygen atoms in total. The van der Waals surface area contributed by atoms with E-state index in [1.54, 1.807) is 38.1 Å². The first kappa shape index (κ1) is 78.4. The number of aliphatic hydroxyl groups excluding tert-OH is 1. The molecule has 0 amide bonds. The molecule has 0 aliphatic carbocycles. The Morgan fingerprint density at radius 1 is 0.256 bits per heavy atom. The van der Waals surface area contributed by atoms with Crippen LogP contribution in [-0.2, 0) is 13.0 Å². The number of ether oxygens (including phenoxy) is 1. The molecule has 586 valence electrons. The number of hydrogen-bond acceptors (Lipinski definition) is 20. The fourth-order valence-electron chi connectivity index (χ4n) is 13.1. The lowest BCUT2D eigenvalue weighted by molar-refractivity contribution is 0.299. The summed E-state index contributed by atoms with van der Waals surface area (Å²) in [5.74, 6) is 9.08. The number of fused-ring (bicyclic) bond motifs is 5. The van der Waals surface area contributed by atoms with Gasteiger partial charge in [0.15, 0.2) is 29.1 Å². The second-order valence-electron chi connectivity index (χ2n) is 27.5. The van der Waals surface area contributed by atoms with Gasteiger partial charge in [-0.15, -0.1) is 0 Å². The quantitative estimate of drug-likeness (QED) is 0.0440. The highest BCUT2D eigenvalue weighted by Crippen LogP contribution is 2.34. The van der Waals surface area contributed by atoms with Crippen molar-refractivity contribution in [2.75, 3.05) is 40.3 Å². The Morgan fingerprint density at radius 2 is 0.554 bits per heavy atom. The molecule has 0 aliphatic heterocycles. The minimum absolute atomic E-state index is 0.157. The van der Waals surface area contributed by atoms with E-state index < -0.39 is 0 Å². The molecule has 20 rings (SSSR count). The molecule has 6 N–H and O–H groups in total. The van der Waals surface area contributed by atoms with Gasteiger partial charge in [-0.2, -0.15) is 0 Å². The fraction of sp³-hybridized carbons (Fsp3) is 0.0396. The van der Waals surface area contributed by atoms with E-state index in [4.69, 9.17) is 49.7 Å². The molecule has 121 heavy (non-hydrogen) atoms. The van der Waals surface area contributed by atoms with Crippen molar-refractivity contribution in [3.63, 3.8) is 0 Å². The van der Waals surface area contributed by atoms with Gasteiger partial charge in [0.05, 0.1) is 34.7 Å². The van der Waals surface area contributed by atoms with E-state index in [0.29, 0.717) is 36.3 Å². The van der Waals surface area contributed by atoms with Gasteiger partial charge in [0, 0.05) is 116 Å². The van der Waals surface area contributed by atoms with Gasteiger partial charge in [-0.3, -0.25) is 9.97 Å². The first-order chi connectivity index (χ1) is 59.9. The van der Waals surface area contributed by atoms with Gasteiger partial charge in [0.1, 0.15) is 40.7 Å². The molecule has 12 aromatic carbocycles. The highest BCUT2D eigenvalue weighted by Gasteiger charge is 2.16. The van der Waals surface area contributed by atoms with Crippen LogP contribution in [0.2, 0.25) is 0 Å². The molecular weight excluding hydrogens is 1500 g/mol. The highest BCUT2D eigenvalue weighted by molar-refractivity contribution is 5.96. The molecule has 20 aromatic rings. The van der Waals surface area contributed by atoms with E-state index in [1.807, 2.05) is 364 Å². The van der Waals surface area contributed by atoms with Crippen LogP contribution in [0.5, 0.6) is 5.75 Å². The molecule has 0 unspecified atom stereocenters. The van der Waals surface area contributed by atoms with Crippen LogP contribution in [0.15, 0.2) is 395 Å². The smallest absolute Gasteiger partial charge is 0.162 e. The third-order valence-electron chi connectivity index (χ3n) is 19.2. The third-order valence-corrected chi connectivity index (χ3v) is 19.2. The maximum Gasteiger partial charge on any atom is 0.162 e. The molecule has 0 radical (unpaired) electrons. The van der Waals surface area contributed by atoms with Gasteiger partial charge in [-0.05, 0) is 151 Å². The summed E-state index contributed by atoms with van der Waals surface area (Å²) in [6.45, 7) is 0.849. The number of aliphatic hydroxyl groups is 1. The Labute approximate surface area is 699 Å². The summed E-state index contributed by atoms with van der Waals surface area (Å²) in [5, 5.41) is 30.9. The Kier molecular flexibility index (Phi) is 25.4. The van der Waals surface area contributed by atoms with Crippen molar-refractivity contribution in [2.45, 2.75) is 13.0 Å². The number of anilines is 9. The van der Waals surface area contributed by atoms with Gasteiger partial charge in [-0.25, -0.2) is 54.8 Å². The van der Waals surface area contributed by atoms with Crippen molar-refractivity contribution < 1.29 is 9.84 Å². The van der Waals surface area contributed by atoms with Crippen molar-refractivity contribution in [3.05, 3.63) is 406 Å². The summed E-state index contributed by atoms with van der Waals surface area (Å²) in [6, 6.07) is 119. The van der Waals surface area contributed by atoms with Crippen LogP contribution in [0.1, 0.15) is 11.1 Å². The summed E-state index contributed by atoms with van der Waals surface area (Å²) in [5.41, 5.74) is 14.7. The van der Waals surface area contributed by atoms with Crippen LogP contribution in [-0.4, -0.2) is 83.6 Å². The minimum Gasteiger partial charge on any atom is -0.497 e. The molecule has 0 bridgehead atoms. The number of aromatic nitrogens is 13. The first-order valence-electron chi connectivity index (χ1n) is 39.3. The number of benzene rings is 12. The normalized spacial score (nSPS) is 10.7. The fourth-order valence-corrected chi connectivity index (χ4v) is 13.1. The molecular formula is C101H80N18O2. The number of rotatable bonds is 19. The molecule has 8 heterocycles. The minimum atomic E-state index is 0.157. The Bertz CT molecular complexity index is 6590. The summed E-state index contributed by atoms with van der Waals surface area (Å²) in [4.78, 5) is 59.6. The van der Waals surface area contributed by atoms with E-state index in [9.17, 15) is 0 Å². The number of para-hydroxylation sites is 5. The predicted octanol–water partition coefficient (Wildman–Crippen LogP) is 22.8. The van der Waals surface area contributed by atoms with Crippen molar-refractivity contribution >= 4 is 106 Å². The average molecular weight is 1580 g/mol. The van der Waals surface area contributed by atoms with Gasteiger partial charge >= 0.3 is 0 Å². The van der Waals surface area contributed by atoms with Crippen molar-refractivity contribution in [1.29, 1.82) is 0 Å². The SMILES string of the molecule is COc1ccc(Nc2nc(-c3ccccc3)nc3ccccc23)cc1.OCCc1ccc(Nc2nc(-c3ccccc3)nc3ccccc23)cc1.c1ccc(-c2nc(NCc3ccncc3)c3ccccc3n2)cc1.c1ccc(-c2nc(Nc3ccccn3)c3ccccc3n2)cc1.c1ccc(-c2nc(Nc3ccncc3)c3ccccc3n2)cc1. The lowest BCUT2D eigenvalue weighted by Gasteiger charge is -2.11. The summed E-state index contributed by atoms with van der Waals surface area (Å²) >= 11 is 0. The zero-order valence-electron chi connectivity index (χ0n) is 65.8. The highest BCUT2D eigenvalue weighted by atomic mass is 16.5. The molecule has 8 aromatic heterocycles. The van der Waals surface area contributed by atoms with Crippen LogP contribution >= 0.6 is 0 Å². The van der Waals surface area contributed by atoms with Crippen LogP contribution in [0, 0.1) is 0 Å². The summed E-state index contributed by atoms with van der Waals surface area (Å²) in [6.07, 6.45) is 9.52. The molecule has 0 spiro atoms. The summed E-state index contributed by atoms with van der Waals surface area (Å²) < 4.78 is 5.21. The number of nitrogens with zero attached hydrogens (tertiary/aromatic N) is 13. The second kappa shape index (κ2) is 39.3. The number of methoxy groups -OCH3 is 1. The van der Waals surface area contributed by atoms with E-state index in [-0.39, 0.29) is 6.61 Å². The Hall–Kier alpha value is -16.5. The summed E-state index contributed by atoms with van der Waals surface area (Å²) in [7, 11) is 1.66. The Balaban J connectivity index is 0.000000112. The van der Waals surface area contributed by atoms with E-state index in [1.165, 1.54) is 0 Å². The van der Waals surface area contributed by atoms with E-state index >= 15 is 0 Å². The van der Waals surface area contributed by atoms with Crippen LogP contribution in [0.3, 0.4) is 0 Å². The standard InChI is InChI=1S/C22H19N3O.C21H17N3O.C20H16N4.2C19H14N4/c26-15-14-16-10-12-18(13-11-16)23-22-19-8-4-5-9-20(19)24-21(25-22)17-6-2-1-3-7-17;1-25-17-13-11-16(12-14-17)22-21-18-9-5-6-10-19(18)23-20(24-21)15-7-3-2-4-8-15;1-2-6-16(7-3-1)19-23-18-9-5-4-8-17(18)20(24-19)22-14-15-10-12-21-13-11-15;1-2-8-14(9-3-1)18-21-16-11-5-4-10-15(16)19(23-18)22-17-12-6-7-13-20-17;1-2-6-14(7-3-1)18-22-17-9-5-4-8-16(17)19(23-18)21-15-10-12-20-13-11-15/h1-13,26H,14-15H2,(H,23,24,25);2-14H,1H3,(H,22,23,24);1-13H,14H2,(H,22,23,24);2*1-13H,(H,20,21,22,23). The zero-order chi connectivity index (χ0) is 82.0. The number of nitrogens with one attached hydrogen (secondary N) is 5. The molecule has 20 heteroatoms. The zero-order valence-corrected chi connectivity index (χ0v) is 65.8. The second-order valence-corrected chi connectivity index (χ2v) is 27.5. The average Bonchev–Trinajstić information content (AvgIpc) is 0.960. The van der Waals surface area contributed by atoms with E-state index in [0.717, 1.165) is 157 Å². The van der Waals surface area contributed by atoms with Gasteiger partial charge < -0.3 is 36.4 Å². The maximum absolute atomic E-state index is 9.05. The third kappa shape index (κ3) is 20.4. The lowest BCUT2D eigenvalue weighted by Crippen LogP contribution is -2.04. The van der Waals surface area contributed by atoms with Crippen molar-refractivity contribution in [3.8, 4) is 62.7 Å². The largest absolute Gasteiger partial charge is 0.497 e. The van der Waals surface area contributed by atoms with Crippen LogP contribution in [0.25, 0.3) is 111 Å². The van der Waals surface area contributed by atoms with Gasteiger partial charge in [0.25, 0.3) is 0 Å². The van der Waals surface area contributed by atoms with Crippen LogP contribution < -0.4 is 31.3 Å². The molecule has 0 saturated carbocycles. The molecule has 0 atom stereocenters. The Morgan fingerprint density at radius 3 is 0.893 bits per heavy atom. The lowest BCUT2D eigenvalue weighted by atomic mass is 10.1. The molecule has 0 saturated heterocycles. The van der Waals surface area contributed by atoms with Crippen molar-refractivity contribution in [1.82, 2.24) is 64.8 Å². The number of pyridine rings is 3. The van der Waals surface area contributed by atoms with Gasteiger partial charge in [0.2, 0.25) is 0 Å². The maximum atomic E-state index is 9.05. The monoisotopic (exact) mass is 1580 g/mol. The first-order valence-corrected chi connectivity index (χ1v) is 39.3. The number of hydrogen-bond donors (Lipinski definition) is 6. The predicted molar refractivity (Wildman–Crippen MR) is 488 cm³/mol. The van der Waals surface area contributed by atoms with Gasteiger partial charge in [-0.1, -0.05) is 231 Å². The molecule has 0 aliphatic rings. The van der Waals surface area contributed by atoms with Crippen LogP contribution in [0.4, 0.5) is 52.0 Å². The van der Waals surface area contributed by atoms with Crippen molar-refractivity contribution in [2.24, 2.45) is 0 Å².